The van der Waals surface area contributed by atoms with E-state index in [4.69, 9.17) is 5.73 Å². The summed E-state index contributed by atoms with van der Waals surface area (Å²) in [6.07, 6.45) is 0. The number of hydrogen-bond donors (Lipinski definition) is 2. The fraction of sp³-hybridized carbons (Fsp3) is 0.333. The summed E-state index contributed by atoms with van der Waals surface area (Å²) in [7, 11) is 0. The summed E-state index contributed by atoms with van der Waals surface area (Å²) >= 11 is 0. The van der Waals surface area contributed by atoms with Gasteiger partial charge in [0.15, 0.2) is 0 Å². The molecule has 1 saturated heterocycles. The number of hydrogen-bond acceptors (Lipinski definition) is 4. The van der Waals surface area contributed by atoms with Crippen LogP contribution in [0.4, 0.5) is 5.82 Å². The van der Waals surface area contributed by atoms with E-state index in [1.807, 2.05) is 30.3 Å². The maximum absolute atomic E-state index is 11.7. The number of para-hydroxylation sites is 1. The van der Waals surface area contributed by atoms with Crippen LogP contribution in [0.3, 0.4) is 0 Å². The van der Waals surface area contributed by atoms with Crippen LogP contribution in [0.25, 0.3) is 10.9 Å². The predicted molar refractivity (Wildman–Crippen MR) is 79.9 cm³/mol. The minimum Gasteiger partial charge on any atom is -0.366 e. The van der Waals surface area contributed by atoms with Gasteiger partial charge in [-0.2, -0.15) is 0 Å². The molecule has 1 amide bonds. The Balaban J connectivity index is 2.09. The van der Waals surface area contributed by atoms with Crippen molar-refractivity contribution in [1.29, 1.82) is 0 Å². The van der Waals surface area contributed by atoms with E-state index in [1.165, 1.54) is 0 Å². The zero-order valence-corrected chi connectivity index (χ0v) is 11.5. The smallest absolute Gasteiger partial charge is 0.249 e. The van der Waals surface area contributed by atoms with Crippen LogP contribution in [0.2, 0.25) is 0 Å². The number of rotatable bonds is 2. The summed E-state index contributed by atoms with van der Waals surface area (Å²) in [6.45, 7) is 4.82. The number of benzene rings is 1. The molecule has 0 aliphatic carbocycles. The third-order valence-electron chi connectivity index (χ3n) is 3.66. The molecule has 1 aromatic carbocycles. The van der Waals surface area contributed by atoms with Crippen LogP contribution < -0.4 is 16.0 Å². The molecular formula is C15H18N4O. The first-order chi connectivity index (χ1) is 9.65. The number of nitrogens with two attached hydrogens (primary N) is 1. The molecule has 1 aliphatic heterocycles. The molecule has 1 aromatic heterocycles. The Morgan fingerprint density at radius 2 is 2.25 bits per heavy atom. The Morgan fingerprint density at radius 3 is 3.00 bits per heavy atom. The monoisotopic (exact) mass is 270 g/mol. The third kappa shape index (κ3) is 2.32. The zero-order chi connectivity index (χ0) is 14.1. The van der Waals surface area contributed by atoms with Crippen molar-refractivity contribution in [2.45, 2.75) is 13.0 Å². The minimum atomic E-state index is -0.409. The summed E-state index contributed by atoms with van der Waals surface area (Å²) in [5, 5.41) is 4.21. The Labute approximate surface area is 117 Å². The number of pyridine rings is 1. The first-order valence-corrected chi connectivity index (χ1v) is 6.83. The number of fused-ring (bicyclic) bond motifs is 1. The highest BCUT2D eigenvalue weighted by molar-refractivity contribution is 6.06. The van der Waals surface area contributed by atoms with Crippen molar-refractivity contribution in [2.24, 2.45) is 5.73 Å². The van der Waals surface area contributed by atoms with Crippen molar-refractivity contribution in [3.63, 3.8) is 0 Å². The van der Waals surface area contributed by atoms with E-state index in [1.54, 1.807) is 0 Å². The summed E-state index contributed by atoms with van der Waals surface area (Å²) < 4.78 is 0. The lowest BCUT2D eigenvalue weighted by Gasteiger charge is -2.33. The van der Waals surface area contributed by atoms with Crippen LogP contribution in [-0.4, -0.2) is 36.6 Å². The molecule has 1 aliphatic rings. The quantitative estimate of drug-likeness (QED) is 0.858. The molecule has 0 saturated carbocycles. The van der Waals surface area contributed by atoms with Crippen molar-refractivity contribution in [2.75, 3.05) is 24.5 Å². The van der Waals surface area contributed by atoms with Gasteiger partial charge in [-0.05, 0) is 19.1 Å². The van der Waals surface area contributed by atoms with Gasteiger partial charge < -0.3 is 16.0 Å². The van der Waals surface area contributed by atoms with Gasteiger partial charge in [0.25, 0.3) is 0 Å². The van der Waals surface area contributed by atoms with Crippen molar-refractivity contribution in [3.05, 3.63) is 35.9 Å². The second-order valence-corrected chi connectivity index (χ2v) is 5.21. The standard InChI is InChI=1S/C15H18N4O/c1-10-9-19(7-6-17-10)14-8-12(15(16)20)11-4-2-3-5-13(11)18-14/h2-5,8,10,17H,6-7,9H2,1H3,(H2,16,20)/t10-/m1/s1. The van der Waals surface area contributed by atoms with Crippen LogP contribution >= 0.6 is 0 Å². The topological polar surface area (TPSA) is 71.2 Å². The van der Waals surface area contributed by atoms with Gasteiger partial charge in [-0.3, -0.25) is 4.79 Å². The SMILES string of the molecule is C[C@@H]1CN(c2cc(C(N)=O)c3ccccc3n2)CCN1. The first-order valence-electron chi connectivity index (χ1n) is 6.83. The maximum atomic E-state index is 11.7. The van der Waals surface area contributed by atoms with Crippen LogP contribution in [0.1, 0.15) is 17.3 Å². The number of amides is 1. The molecule has 2 heterocycles. The lowest BCUT2D eigenvalue weighted by molar-refractivity contribution is 0.100. The molecule has 1 fully saturated rings. The highest BCUT2D eigenvalue weighted by Crippen LogP contribution is 2.23. The number of nitrogens with one attached hydrogen (secondary N) is 1. The van der Waals surface area contributed by atoms with Gasteiger partial charge in [-0.15, -0.1) is 0 Å². The average Bonchev–Trinajstić information content (AvgIpc) is 2.46. The second kappa shape index (κ2) is 5.09. The molecule has 3 N–H and O–H groups in total. The Bertz CT molecular complexity index is 655. The van der Waals surface area contributed by atoms with E-state index in [9.17, 15) is 4.79 Å². The predicted octanol–water partition coefficient (Wildman–Crippen LogP) is 1.13. The molecule has 0 radical (unpaired) electrons. The Morgan fingerprint density at radius 1 is 1.45 bits per heavy atom. The molecule has 0 bridgehead atoms. The van der Waals surface area contributed by atoms with Crippen LogP contribution in [0.5, 0.6) is 0 Å². The first kappa shape index (κ1) is 12.9. The lowest BCUT2D eigenvalue weighted by Crippen LogP contribution is -2.49. The highest BCUT2D eigenvalue weighted by atomic mass is 16.1. The van der Waals surface area contributed by atoms with E-state index < -0.39 is 5.91 Å². The molecule has 0 spiro atoms. The van der Waals surface area contributed by atoms with Gasteiger partial charge in [-0.1, -0.05) is 18.2 Å². The molecule has 2 aromatic rings. The normalized spacial score (nSPS) is 19.2. The van der Waals surface area contributed by atoms with Crippen molar-refractivity contribution < 1.29 is 4.79 Å². The molecule has 5 nitrogen and oxygen atoms in total. The summed E-state index contributed by atoms with van der Waals surface area (Å²) in [4.78, 5) is 18.5. The highest BCUT2D eigenvalue weighted by Gasteiger charge is 2.19. The molecule has 5 heteroatoms. The summed E-state index contributed by atoms with van der Waals surface area (Å²) in [6, 6.07) is 9.83. The zero-order valence-electron chi connectivity index (χ0n) is 11.5. The minimum absolute atomic E-state index is 0.409. The molecule has 3 rings (SSSR count). The van der Waals surface area contributed by atoms with Gasteiger partial charge in [0.2, 0.25) is 5.91 Å². The number of carbonyl (C=O) groups excluding carboxylic acids is 1. The van der Waals surface area contributed by atoms with Crippen molar-refractivity contribution in [1.82, 2.24) is 10.3 Å². The van der Waals surface area contributed by atoms with Crippen LogP contribution in [0, 0.1) is 0 Å². The molecule has 104 valence electrons. The number of primary amides is 1. The van der Waals surface area contributed by atoms with Gasteiger partial charge in [0.1, 0.15) is 5.82 Å². The number of piperazine rings is 1. The lowest BCUT2D eigenvalue weighted by atomic mass is 10.1. The molecule has 20 heavy (non-hydrogen) atoms. The summed E-state index contributed by atoms with van der Waals surface area (Å²) in [5.41, 5.74) is 6.86. The molecule has 1 atom stereocenters. The number of nitrogens with zero attached hydrogens (tertiary/aromatic N) is 2. The fourth-order valence-electron chi connectivity index (χ4n) is 2.67. The Hall–Kier alpha value is -2.14. The van der Waals surface area contributed by atoms with E-state index in [-0.39, 0.29) is 0 Å². The van der Waals surface area contributed by atoms with Gasteiger partial charge in [0.05, 0.1) is 11.1 Å². The van der Waals surface area contributed by atoms with E-state index in [2.05, 4.69) is 22.1 Å². The van der Waals surface area contributed by atoms with E-state index >= 15 is 0 Å². The van der Waals surface area contributed by atoms with Crippen LogP contribution in [0.15, 0.2) is 30.3 Å². The van der Waals surface area contributed by atoms with Gasteiger partial charge in [0, 0.05) is 31.1 Å². The summed E-state index contributed by atoms with van der Waals surface area (Å²) in [5.74, 6) is 0.416. The second-order valence-electron chi connectivity index (χ2n) is 5.21. The van der Waals surface area contributed by atoms with Crippen molar-refractivity contribution in [3.8, 4) is 0 Å². The van der Waals surface area contributed by atoms with E-state index in [0.29, 0.717) is 11.6 Å². The molecular weight excluding hydrogens is 252 g/mol. The number of aromatic nitrogens is 1. The number of anilines is 1. The largest absolute Gasteiger partial charge is 0.366 e. The average molecular weight is 270 g/mol. The van der Waals surface area contributed by atoms with Gasteiger partial charge in [-0.25, -0.2) is 4.98 Å². The Kier molecular flexibility index (Phi) is 3.28. The van der Waals surface area contributed by atoms with Crippen molar-refractivity contribution >= 4 is 22.6 Å². The third-order valence-corrected chi connectivity index (χ3v) is 3.66. The number of carbonyl (C=O) groups is 1. The van der Waals surface area contributed by atoms with E-state index in [0.717, 1.165) is 36.4 Å². The fourth-order valence-corrected chi connectivity index (χ4v) is 2.67. The maximum Gasteiger partial charge on any atom is 0.249 e. The van der Waals surface area contributed by atoms with Gasteiger partial charge >= 0.3 is 0 Å². The van der Waals surface area contributed by atoms with Crippen LogP contribution in [-0.2, 0) is 0 Å². The molecule has 0 unspecified atom stereocenters.